The second-order valence-corrected chi connectivity index (χ2v) is 5.24. The second-order valence-electron chi connectivity index (χ2n) is 3.85. The van der Waals surface area contributed by atoms with E-state index in [1.165, 1.54) is 17.9 Å². The molecule has 0 saturated heterocycles. The summed E-state index contributed by atoms with van der Waals surface area (Å²) in [5.74, 6) is 2.39. The lowest BCUT2D eigenvalue weighted by Gasteiger charge is -2.17. The third-order valence-electron chi connectivity index (χ3n) is 2.52. The Kier molecular flexibility index (Phi) is 5.19. The third kappa shape index (κ3) is 3.54. The maximum absolute atomic E-state index is 5.89. The van der Waals surface area contributed by atoms with Crippen molar-refractivity contribution in [1.29, 1.82) is 0 Å². The third-order valence-corrected chi connectivity index (χ3v) is 3.45. The standard InChI is InChI=1S/C11H21N3S/c1-4-15-6-5-9(2)14-8-13-7-11(14)10(3)12/h7-10H,4-6,12H2,1-3H3/t9?,10-/m0/s1. The minimum absolute atomic E-state index is 0.0637. The molecular formula is C11H21N3S. The van der Waals surface area contributed by atoms with Crippen molar-refractivity contribution in [3.05, 3.63) is 18.2 Å². The van der Waals surface area contributed by atoms with Crippen molar-refractivity contribution in [2.24, 2.45) is 5.73 Å². The topological polar surface area (TPSA) is 43.8 Å². The molecule has 0 amide bonds. The summed E-state index contributed by atoms with van der Waals surface area (Å²) in [6, 6.07) is 0.557. The smallest absolute Gasteiger partial charge is 0.0951 e. The molecule has 0 aliphatic carbocycles. The zero-order valence-electron chi connectivity index (χ0n) is 9.81. The van der Waals surface area contributed by atoms with Crippen molar-refractivity contribution >= 4 is 11.8 Å². The first-order chi connectivity index (χ1) is 7.16. The van der Waals surface area contributed by atoms with Crippen LogP contribution in [0.3, 0.4) is 0 Å². The van der Waals surface area contributed by atoms with Crippen LogP contribution >= 0.6 is 11.8 Å². The second kappa shape index (κ2) is 6.18. The first-order valence-electron chi connectivity index (χ1n) is 5.51. The Morgan fingerprint density at radius 2 is 2.27 bits per heavy atom. The lowest BCUT2D eigenvalue weighted by atomic mass is 10.2. The Morgan fingerprint density at radius 1 is 1.53 bits per heavy atom. The van der Waals surface area contributed by atoms with Crippen LogP contribution < -0.4 is 5.73 Å². The summed E-state index contributed by atoms with van der Waals surface area (Å²) in [5, 5.41) is 0. The molecule has 1 unspecified atom stereocenters. The molecular weight excluding hydrogens is 206 g/mol. The van der Waals surface area contributed by atoms with Gasteiger partial charge in [-0.15, -0.1) is 0 Å². The average molecular weight is 227 g/mol. The van der Waals surface area contributed by atoms with Crippen LogP contribution in [-0.2, 0) is 0 Å². The van der Waals surface area contributed by atoms with Crippen molar-refractivity contribution < 1.29 is 0 Å². The number of nitrogens with two attached hydrogens (primary N) is 1. The summed E-state index contributed by atoms with van der Waals surface area (Å²) in [6.45, 7) is 6.42. The molecule has 3 nitrogen and oxygen atoms in total. The zero-order chi connectivity index (χ0) is 11.3. The van der Waals surface area contributed by atoms with Gasteiger partial charge in [-0.2, -0.15) is 11.8 Å². The Balaban J connectivity index is 2.56. The summed E-state index contributed by atoms with van der Waals surface area (Å²) in [6.07, 6.45) is 4.93. The largest absolute Gasteiger partial charge is 0.330 e. The molecule has 0 fully saturated rings. The van der Waals surface area contributed by atoms with E-state index in [2.05, 4.69) is 23.4 Å². The predicted octanol–water partition coefficient (Wildman–Crippen LogP) is 2.61. The van der Waals surface area contributed by atoms with Crippen molar-refractivity contribution in [3.63, 3.8) is 0 Å². The van der Waals surface area contributed by atoms with Gasteiger partial charge in [-0.05, 0) is 31.8 Å². The van der Waals surface area contributed by atoms with Crippen LogP contribution in [0.4, 0.5) is 0 Å². The summed E-state index contributed by atoms with van der Waals surface area (Å²) < 4.78 is 2.20. The molecule has 1 heterocycles. The van der Waals surface area contributed by atoms with E-state index in [4.69, 9.17) is 5.73 Å². The molecule has 0 aliphatic heterocycles. The van der Waals surface area contributed by atoms with Crippen molar-refractivity contribution in [3.8, 4) is 0 Å². The van der Waals surface area contributed by atoms with Gasteiger partial charge in [-0.25, -0.2) is 4.98 Å². The molecule has 15 heavy (non-hydrogen) atoms. The van der Waals surface area contributed by atoms with E-state index < -0.39 is 0 Å². The van der Waals surface area contributed by atoms with Crippen LogP contribution in [0.5, 0.6) is 0 Å². The fraction of sp³-hybridized carbons (Fsp3) is 0.727. The van der Waals surface area contributed by atoms with E-state index in [0.29, 0.717) is 6.04 Å². The predicted molar refractivity (Wildman–Crippen MR) is 67.2 cm³/mol. The highest BCUT2D eigenvalue weighted by atomic mass is 32.2. The number of rotatable bonds is 6. The van der Waals surface area contributed by atoms with Gasteiger partial charge in [0.2, 0.25) is 0 Å². The van der Waals surface area contributed by atoms with E-state index in [-0.39, 0.29) is 6.04 Å². The van der Waals surface area contributed by atoms with Gasteiger partial charge >= 0.3 is 0 Å². The van der Waals surface area contributed by atoms with Crippen molar-refractivity contribution in [1.82, 2.24) is 9.55 Å². The molecule has 0 aromatic carbocycles. The van der Waals surface area contributed by atoms with Gasteiger partial charge in [0.1, 0.15) is 0 Å². The van der Waals surface area contributed by atoms with Gasteiger partial charge in [-0.3, -0.25) is 0 Å². The fourth-order valence-corrected chi connectivity index (χ4v) is 2.37. The summed E-state index contributed by atoms with van der Waals surface area (Å²) >= 11 is 1.98. The Bertz CT molecular complexity index is 283. The SMILES string of the molecule is CCSCCC(C)n1cncc1[C@H](C)N. The minimum Gasteiger partial charge on any atom is -0.330 e. The van der Waals surface area contributed by atoms with Gasteiger partial charge in [0.15, 0.2) is 0 Å². The van der Waals surface area contributed by atoms with Crippen LogP contribution in [0.2, 0.25) is 0 Å². The average Bonchev–Trinajstić information content (AvgIpc) is 2.66. The first-order valence-corrected chi connectivity index (χ1v) is 6.67. The van der Waals surface area contributed by atoms with Crippen molar-refractivity contribution in [2.75, 3.05) is 11.5 Å². The van der Waals surface area contributed by atoms with E-state index >= 15 is 0 Å². The number of thioether (sulfide) groups is 1. The molecule has 1 aromatic rings. The monoisotopic (exact) mass is 227 g/mol. The summed E-state index contributed by atoms with van der Waals surface area (Å²) in [7, 11) is 0. The zero-order valence-corrected chi connectivity index (χ0v) is 10.6. The molecule has 0 spiro atoms. The fourth-order valence-electron chi connectivity index (χ4n) is 1.57. The summed E-state index contributed by atoms with van der Waals surface area (Å²) in [5.41, 5.74) is 7.01. The molecule has 86 valence electrons. The van der Waals surface area contributed by atoms with Crippen LogP contribution in [0, 0.1) is 0 Å². The Morgan fingerprint density at radius 3 is 2.87 bits per heavy atom. The number of hydrogen-bond donors (Lipinski definition) is 1. The highest BCUT2D eigenvalue weighted by Gasteiger charge is 2.11. The molecule has 1 aromatic heterocycles. The lowest BCUT2D eigenvalue weighted by Crippen LogP contribution is -2.15. The molecule has 4 heteroatoms. The Hall–Kier alpha value is -0.480. The summed E-state index contributed by atoms with van der Waals surface area (Å²) in [4.78, 5) is 4.17. The molecule has 2 N–H and O–H groups in total. The molecule has 0 radical (unpaired) electrons. The van der Waals surface area contributed by atoms with Gasteiger partial charge in [0.05, 0.1) is 12.0 Å². The molecule has 2 atom stereocenters. The van der Waals surface area contributed by atoms with Gasteiger partial charge in [0, 0.05) is 18.3 Å². The van der Waals surface area contributed by atoms with Crippen molar-refractivity contribution in [2.45, 2.75) is 39.3 Å². The number of nitrogens with zero attached hydrogens (tertiary/aromatic N) is 2. The van der Waals surface area contributed by atoms with Gasteiger partial charge < -0.3 is 10.3 Å². The highest BCUT2D eigenvalue weighted by molar-refractivity contribution is 7.99. The van der Waals surface area contributed by atoms with E-state index in [9.17, 15) is 0 Å². The molecule has 0 saturated carbocycles. The quantitative estimate of drug-likeness (QED) is 0.760. The van der Waals surface area contributed by atoms with Crippen LogP contribution in [0.25, 0.3) is 0 Å². The van der Waals surface area contributed by atoms with Gasteiger partial charge in [0.25, 0.3) is 0 Å². The molecule has 0 aliphatic rings. The maximum atomic E-state index is 5.89. The first kappa shape index (κ1) is 12.6. The lowest BCUT2D eigenvalue weighted by molar-refractivity contribution is 0.502. The normalized spacial score (nSPS) is 15.2. The number of imidazole rings is 1. The molecule has 0 bridgehead atoms. The van der Waals surface area contributed by atoms with E-state index in [1.807, 2.05) is 31.2 Å². The highest BCUT2D eigenvalue weighted by Crippen LogP contribution is 2.19. The minimum atomic E-state index is 0.0637. The number of aromatic nitrogens is 2. The maximum Gasteiger partial charge on any atom is 0.0951 e. The number of hydrogen-bond acceptors (Lipinski definition) is 3. The van der Waals surface area contributed by atoms with Crippen LogP contribution in [0.15, 0.2) is 12.5 Å². The Labute approximate surface area is 96.5 Å². The van der Waals surface area contributed by atoms with Crippen LogP contribution in [-0.4, -0.2) is 21.1 Å². The van der Waals surface area contributed by atoms with Crippen LogP contribution in [0.1, 0.15) is 45.0 Å². The van der Waals surface area contributed by atoms with Gasteiger partial charge in [-0.1, -0.05) is 6.92 Å². The molecule has 1 rings (SSSR count). The van der Waals surface area contributed by atoms with E-state index in [1.54, 1.807) is 0 Å². The van der Waals surface area contributed by atoms with E-state index in [0.717, 1.165) is 5.69 Å².